The molecule has 0 fully saturated rings. The summed E-state index contributed by atoms with van der Waals surface area (Å²) in [6.45, 7) is 29.6. The second-order valence-corrected chi connectivity index (χ2v) is 11.6. The molecule has 0 aliphatic carbocycles. The number of hydrogen-bond donors (Lipinski definition) is 0. The number of halogens is 2. The lowest BCUT2D eigenvalue weighted by Crippen LogP contribution is -3.00. The van der Waals surface area contributed by atoms with Crippen molar-refractivity contribution in [3.05, 3.63) is 57.6 Å². The maximum atomic E-state index is 2.50. The Morgan fingerprint density at radius 3 is 1.61 bits per heavy atom. The van der Waals surface area contributed by atoms with Gasteiger partial charge in [-0.25, -0.2) is 0 Å². The van der Waals surface area contributed by atoms with Gasteiger partial charge in [-0.15, -0.1) is 0 Å². The normalized spacial score (nSPS) is 16.6. The summed E-state index contributed by atoms with van der Waals surface area (Å²) < 4.78 is 5.00. The van der Waals surface area contributed by atoms with E-state index in [0.717, 1.165) is 13.1 Å². The van der Waals surface area contributed by atoms with Crippen LogP contribution in [-0.2, 0) is 10.8 Å². The maximum absolute atomic E-state index is 2.50. The molecule has 2 aromatic rings. The summed E-state index contributed by atoms with van der Waals surface area (Å²) in [4.78, 5) is 0. The average Bonchev–Trinajstić information content (AvgIpc) is 3.07. The molecule has 2 aromatic carbocycles. The molecule has 0 saturated carbocycles. The molecular weight excluding hydrogens is 666 g/mol. The summed E-state index contributed by atoms with van der Waals surface area (Å²) in [5.41, 5.74) is 14.9. The van der Waals surface area contributed by atoms with Crippen molar-refractivity contribution in [1.82, 2.24) is 0 Å². The lowest BCUT2D eigenvalue weighted by atomic mass is 9.79. The molecule has 0 N–H and O–H groups in total. The fourth-order valence-corrected chi connectivity index (χ4v) is 5.78. The zero-order valence-corrected chi connectivity index (χ0v) is 29.1. The van der Waals surface area contributed by atoms with Crippen molar-refractivity contribution < 1.29 is 57.1 Å². The van der Waals surface area contributed by atoms with Crippen LogP contribution in [0.2, 0.25) is 0 Å². The molecule has 0 saturated heterocycles. The highest BCUT2D eigenvalue weighted by molar-refractivity contribution is 5.94. The zero-order chi connectivity index (χ0) is 25.6. The summed E-state index contributed by atoms with van der Waals surface area (Å²) in [5.74, 6) is 0. The molecule has 2 aliphatic heterocycles. The molecule has 2 heterocycles. The van der Waals surface area contributed by atoms with Gasteiger partial charge in [0.05, 0.1) is 10.8 Å². The van der Waals surface area contributed by atoms with Crippen LogP contribution in [0, 0.1) is 27.7 Å². The molecule has 2 nitrogen and oxygen atoms in total. The molecule has 2 aliphatic rings. The van der Waals surface area contributed by atoms with E-state index in [0.29, 0.717) is 0 Å². The predicted molar refractivity (Wildman–Crippen MR) is 149 cm³/mol. The molecule has 200 valence electrons. The third-order valence-electron chi connectivity index (χ3n) is 8.72. The van der Waals surface area contributed by atoms with E-state index >= 15 is 0 Å². The van der Waals surface area contributed by atoms with Gasteiger partial charge >= 0.3 is 0 Å². The topological polar surface area (TPSA) is 6.02 Å². The molecular formula is C32H48I2N2. The van der Waals surface area contributed by atoms with Crippen LogP contribution < -0.4 is 48.0 Å². The summed E-state index contributed by atoms with van der Waals surface area (Å²) in [5, 5.41) is 0. The highest BCUT2D eigenvalue weighted by Gasteiger charge is 2.44. The molecule has 0 spiro atoms. The van der Waals surface area contributed by atoms with E-state index in [4.69, 9.17) is 0 Å². The van der Waals surface area contributed by atoms with Crippen LogP contribution >= 0.6 is 0 Å². The largest absolute Gasteiger partial charge is 1.00 e. The minimum Gasteiger partial charge on any atom is -1.00 e. The fourth-order valence-electron chi connectivity index (χ4n) is 5.78. The first-order valence-electron chi connectivity index (χ1n) is 13.3. The van der Waals surface area contributed by atoms with E-state index in [1.807, 2.05) is 0 Å². The first kappa shape index (κ1) is 33.3. The molecule has 0 radical (unpaired) electrons. The van der Waals surface area contributed by atoms with E-state index in [1.54, 1.807) is 0 Å². The van der Waals surface area contributed by atoms with E-state index in [1.165, 1.54) is 69.0 Å². The average molecular weight is 715 g/mol. The van der Waals surface area contributed by atoms with Crippen molar-refractivity contribution >= 4 is 22.8 Å². The Bertz CT molecular complexity index is 1180. The quantitative estimate of drug-likeness (QED) is 0.339. The van der Waals surface area contributed by atoms with Crippen molar-refractivity contribution in [2.45, 2.75) is 107 Å². The van der Waals surface area contributed by atoms with Gasteiger partial charge in [-0.3, -0.25) is 0 Å². The monoisotopic (exact) mass is 714 g/mol. The van der Waals surface area contributed by atoms with E-state index in [-0.39, 0.29) is 58.8 Å². The van der Waals surface area contributed by atoms with Crippen LogP contribution in [-0.4, -0.2) is 33.7 Å². The Hall–Kier alpha value is -0.760. The SMILES string of the molecule is CCC[N+]1=C(C)C(C)(C)c2c1ccc(C)c2C.CCC[N+]1=C(C)C(C)(C)c2cc(C)c(C)cc21.[I-].[I-]. The Balaban J connectivity index is 0.000000341. The summed E-state index contributed by atoms with van der Waals surface area (Å²) in [6, 6.07) is 9.29. The van der Waals surface area contributed by atoms with Crippen molar-refractivity contribution in [2.24, 2.45) is 0 Å². The first-order valence-corrected chi connectivity index (χ1v) is 13.3. The minimum atomic E-state index is 0. The maximum Gasteiger partial charge on any atom is 0.209 e. The number of rotatable bonds is 4. The van der Waals surface area contributed by atoms with Crippen LogP contribution in [0.1, 0.15) is 102 Å². The van der Waals surface area contributed by atoms with Gasteiger partial charge in [0.2, 0.25) is 11.4 Å². The van der Waals surface area contributed by atoms with Gasteiger partial charge in [0.15, 0.2) is 11.4 Å². The molecule has 4 rings (SSSR count). The lowest BCUT2D eigenvalue weighted by molar-refractivity contribution is -0.439. The number of hydrogen-bond acceptors (Lipinski definition) is 0. The molecule has 36 heavy (non-hydrogen) atoms. The lowest BCUT2D eigenvalue weighted by Gasteiger charge is -2.18. The number of nitrogens with zero attached hydrogens (tertiary/aromatic N) is 2. The minimum absolute atomic E-state index is 0. The van der Waals surface area contributed by atoms with Gasteiger partial charge in [-0.1, -0.05) is 19.9 Å². The standard InChI is InChI=1S/2C16H24N.2HI/c1-7-10-17-13(4)16(5,6)15-12(3)11(2)8-9-14(15)17;1-7-8-17-13(4)16(5,6)14-9-11(2)12(3)10-15(14)17;;/h8-9H,7,10H2,1-6H3;9-10H,7-8H2,1-6H3;2*1H/q2*+1;;/p-2. The first-order chi connectivity index (χ1) is 15.8. The highest BCUT2D eigenvalue weighted by atomic mass is 127. The van der Waals surface area contributed by atoms with Gasteiger partial charge < -0.3 is 48.0 Å². The fraction of sp³-hybridized carbons (Fsp3) is 0.562. The van der Waals surface area contributed by atoms with Crippen molar-refractivity contribution in [3.63, 3.8) is 0 Å². The Kier molecular flexibility index (Phi) is 11.5. The second kappa shape index (κ2) is 12.4. The van der Waals surface area contributed by atoms with Crippen LogP contribution in [0.5, 0.6) is 0 Å². The molecule has 0 amide bonds. The molecule has 0 aromatic heterocycles. The van der Waals surface area contributed by atoms with Crippen LogP contribution in [0.3, 0.4) is 0 Å². The Labute approximate surface area is 255 Å². The Morgan fingerprint density at radius 1 is 0.611 bits per heavy atom. The highest BCUT2D eigenvalue weighted by Crippen LogP contribution is 2.43. The third kappa shape index (κ3) is 5.64. The predicted octanol–water partition coefficient (Wildman–Crippen LogP) is 2.23. The Morgan fingerprint density at radius 2 is 1.08 bits per heavy atom. The van der Waals surface area contributed by atoms with Crippen LogP contribution in [0.15, 0.2) is 24.3 Å². The van der Waals surface area contributed by atoms with Crippen LogP contribution in [0.25, 0.3) is 0 Å². The van der Waals surface area contributed by atoms with Gasteiger partial charge in [0, 0.05) is 49.9 Å². The molecule has 4 heteroatoms. The molecule has 0 atom stereocenters. The smallest absolute Gasteiger partial charge is 0.209 e. The third-order valence-corrected chi connectivity index (χ3v) is 8.72. The molecule has 0 bridgehead atoms. The second-order valence-electron chi connectivity index (χ2n) is 11.6. The number of benzene rings is 2. The van der Waals surface area contributed by atoms with Crippen molar-refractivity contribution in [1.29, 1.82) is 0 Å². The number of fused-ring (bicyclic) bond motifs is 2. The van der Waals surface area contributed by atoms with Gasteiger partial charge in [-0.05, 0) is 83.7 Å². The van der Waals surface area contributed by atoms with Gasteiger partial charge in [0.25, 0.3) is 0 Å². The van der Waals surface area contributed by atoms with Crippen LogP contribution in [0.4, 0.5) is 11.4 Å². The summed E-state index contributed by atoms with van der Waals surface area (Å²) in [6.07, 6.45) is 2.39. The van der Waals surface area contributed by atoms with Crippen molar-refractivity contribution in [2.75, 3.05) is 13.1 Å². The zero-order valence-electron chi connectivity index (χ0n) is 24.8. The summed E-state index contributed by atoms with van der Waals surface area (Å²) >= 11 is 0. The van der Waals surface area contributed by atoms with Gasteiger partial charge in [0.1, 0.15) is 13.1 Å². The molecule has 0 unspecified atom stereocenters. The van der Waals surface area contributed by atoms with Gasteiger partial charge in [-0.2, -0.15) is 9.15 Å². The number of aryl methyl sites for hydroxylation is 3. The van der Waals surface area contributed by atoms with E-state index in [9.17, 15) is 0 Å². The van der Waals surface area contributed by atoms with E-state index < -0.39 is 0 Å². The van der Waals surface area contributed by atoms with Crippen molar-refractivity contribution in [3.8, 4) is 0 Å². The van der Waals surface area contributed by atoms with E-state index in [2.05, 4.69) is 117 Å². The summed E-state index contributed by atoms with van der Waals surface area (Å²) in [7, 11) is 0.